The highest BCUT2D eigenvalue weighted by atomic mass is 16.5. The number of imidazole rings is 1. The van der Waals surface area contributed by atoms with Crippen LogP contribution in [0.1, 0.15) is 11.1 Å². The van der Waals surface area contributed by atoms with Crippen LogP contribution in [0, 0.1) is 18.3 Å². The molecule has 3 rings (SSSR count). The van der Waals surface area contributed by atoms with E-state index < -0.39 is 0 Å². The third-order valence-corrected chi connectivity index (χ3v) is 3.47. The van der Waals surface area contributed by atoms with E-state index in [-0.39, 0.29) is 0 Å². The summed E-state index contributed by atoms with van der Waals surface area (Å²) in [4.78, 5) is 4.37. The molecule has 5 heteroatoms. The maximum Gasteiger partial charge on any atom is 0.205 e. The minimum Gasteiger partial charge on any atom is -0.497 e. The summed E-state index contributed by atoms with van der Waals surface area (Å²) in [7, 11) is 1.61. The van der Waals surface area contributed by atoms with Gasteiger partial charge in [-0.2, -0.15) is 5.26 Å². The molecule has 0 atom stereocenters. The van der Waals surface area contributed by atoms with Crippen LogP contribution in [0.3, 0.4) is 0 Å². The molecular formula is C16H14N4O. The number of hydrogen-bond donors (Lipinski definition) is 1. The molecule has 0 radical (unpaired) electrons. The fourth-order valence-electron chi connectivity index (χ4n) is 2.38. The number of nitrogens with two attached hydrogens (primary N) is 1. The van der Waals surface area contributed by atoms with Gasteiger partial charge in [0.15, 0.2) is 0 Å². The predicted molar refractivity (Wildman–Crippen MR) is 81.5 cm³/mol. The summed E-state index contributed by atoms with van der Waals surface area (Å²) in [5, 5.41) is 9.08. The van der Waals surface area contributed by atoms with Crippen LogP contribution in [0.5, 0.6) is 5.75 Å². The lowest BCUT2D eigenvalue weighted by atomic mass is 10.1. The number of nitriles is 1. The van der Waals surface area contributed by atoms with Crippen molar-refractivity contribution in [2.45, 2.75) is 6.92 Å². The van der Waals surface area contributed by atoms with Gasteiger partial charge in [0.1, 0.15) is 5.75 Å². The number of methoxy groups -OCH3 is 1. The average Bonchev–Trinajstić information content (AvgIpc) is 2.82. The standard InChI is InChI=1S/C16H14N4O/c1-10-3-4-11(9-17)7-15(10)20-14-6-5-12(21-2)8-13(14)19-16(20)18/h3-8H,1-2H3,(H2,18,19). The topological polar surface area (TPSA) is 76.9 Å². The number of nitrogen functional groups attached to an aromatic ring is 1. The van der Waals surface area contributed by atoms with Crippen LogP contribution >= 0.6 is 0 Å². The van der Waals surface area contributed by atoms with Crippen molar-refractivity contribution in [2.24, 2.45) is 0 Å². The van der Waals surface area contributed by atoms with Crippen molar-refractivity contribution in [2.75, 3.05) is 12.8 Å². The Labute approximate surface area is 122 Å². The lowest BCUT2D eigenvalue weighted by Gasteiger charge is -2.10. The number of nitrogens with zero attached hydrogens (tertiary/aromatic N) is 3. The molecule has 5 nitrogen and oxygen atoms in total. The number of aryl methyl sites for hydroxylation is 1. The molecule has 21 heavy (non-hydrogen) atoms. The number of anilines is 1. The second-order valence-corrected chi connectivity index (χ2v) is 4.77. The molecular weight excluding hydrogens is 264 g/mol. The van der Waals surface area contributed by atoms with Crippen LogP contribution in [-0.4, -0.2) is 16.7 Å². The van der Waals surface area contributed by atoms with Gasteiger partial charge >= 0.3 is 0 Å². The van der Waals surface area contributed by atoms with Crippen LogP contribution in [0.4, 0.5) is 5.95 Å². The van der Waals surface area contributed by atoms with E-state index in [0.717, 1.165) is 28.0 Å². The first-order valence-corrected chi connectivity index (χ1v) is 6.47. The van der Waals surface area contributed by atoms with Gasteiger partial charge in [-0.25, -0.2) is 4.98 Å². The SMILES string of the molecule is COc1ccc2c(c1)nc(N)n2-c1cc(C#N)ccc1C. The number of fused-ring (bicyclic) bond motifs is 1. The minimum atomic E-state index is 0.386. The van der Waals surface area contributed by atoms with Gasteiger partial charge in [-0.3, -0.25) is 4.57 Å². The monoisotopic (exact) mass is 278 g/mol. The van der Waals surface area contributed by atoms with Crippen molar-refractivity contribution in [1.29, 1.82) is 5.26 Å². The van der Waals surface area contributed by atoms with Gasteiger partial charge in [0.05, 0.1) is 35.5 Å². The molecule has 104 valence electrons. The number of aromatic nitrogens is 2. The summed E-state index contributed by atoms with van der Waals surface area (Å²) in [5.74, 6) is 1.12. The van der Waals surface area contributed by atoms with Gasteiger partial charge < -0.3 is 10.5 Å². The molecule has 2 N–H and O–H groups in total. The Morgan fingerprint density at radius 2 is 2.05 bits per heavy atom. The van der Waals surface area contributed by atoms with E-state index in [1.807, 2.05) is 41.8 Å². The van der Waals surface area contributed by atoms with Gasteiger partial charge in [-0.05, 0) is 36.8 Å². The summed E-state index contributed by atoms with van der Waals surface area (Å²) in [6.45, 7) is 1.98. The summed E-state index contributed by atoms with van der Waals surface area (Å²) >= 11 is 0. The molecule has 3 aromatic rings. The second-order valence-electron chi connectivity index (χ2n) is 4.77. The zero-order valence-electron chi connectivity index (χ0n) is 11.8. The Balaban J connectivity index is 2.30. The molecule has 0 aliphatic rings. The smallest absolute Gasteiger partial charge is 0.205 e. The summed E-state index contributed by atoms with van der Waals surface area (Å²) in [6, 6.07) is 13.3. The highest BCUT2D eigenvalue weighted by Gasteiger charge is 2.13. The summed E-state index contributed by atoms with van der Waals surface area (Å²) in [6.07, 6.45) is 0. The van der Waals surface area contributed by atoms with Crippen molar-refractivity contribution in [3.05, 3.63) is 47.5 Å². The van der Waals surface area contributed by atoms with Gasteiger partial charge in [0.2, 0.25) is 5.95 Å². The summed E-state index contributed by atoms with van der Waals surface area (Å²) in [5.41, 5.74) is 10.2. The lowest BCUT2D eigenvalue weighted by Crippen LogP contribution is -2.03. The van der Waals surface area contributed by atoms with Gasteiger partial charge in [0, 0.05) is 6.07 Å². The van der Waals surface area contributed by atoms with Crippen molar-refractivity contribution in [3.63, 3.8) is 0 Å². The molecule has 1 heterocycles. The van der Waals surface area contributed by atoms with Crippen LogP contribution < -0.4 is 10.5 Å². The highest BCUT2D eigenvalue weighted by Crippen LogP contribution is 2.28. The number of ether oxygens (including phenoxy) is 1. The number of benzene rings is 2. The third-order valence-electron chi connectivity index (χ3n) is 3.47. The number of hydrogen-bond acceptors (Lipinski definition) is 4. The second kappa shape index (κ2) is 4.84. The Morgan fingerprint density at radius 1 is 1.24 bits per heavy atom. The van der Waals surface area contributed by atoms with E-state index in [9.17, 15) is 0 Å². The predicted octanol–water partition coefficient (Wildman–Crippen LogP) is 2.80. The molecule has 0 unspecified atom stereocenters. The highest BCUT2D eigenvalue weighted by molar-refractivity contribution is 5.82. The molecule has 1 aromatic heterocycles. The van der Waals surface area contributed by atoms with Crippen LogP contribution in [0.25, 0.3) is 16.7 Å². The first-order valence-electron chi connectivity index (χ1n) is 6.47. The van der Waals surface area contributed by atoms with Crippen molar-refractivity contribution in [1.82, 2.24) is 9.55 Å². The quantitative estimate of drug-likeness (QED) is 0.782. The van der Waals surface area contributed by atoms with Crippen LogP contribution in [0.2, 0.25) is 0 Å². The zero-order valence-corrected chi connectivity index (χ0v) is 11.8. The van der Waals surface area contributed by atoms with E-state index >= 15 is 0 Å². The first-order chi connectivity index (χ1) is 10.1. The maximum absolute atomic E-state index is 9.08. The van der Waals surface area contributed by atoms with E-state index in [1.54, 1.807) is 13.2 Å². The van der Waals surface area contributed by atoms with E-state index in [0.29, 0.717) is 11.5 Å². The van der Waals surface area contributed by atoms with Crippen molar-refractivity contribution in [3.8, 4) is 17.5 Å². The Morgan fingerprint density at radius 3 is 2.76 bits per heavy atom. The first kappa shape index (κ1) is 13.0. The molecule has 0 spiro atoms. The van der Waals surface area contributed by atoms with Crippen molar-refractivity contribution < 1.29 is 4.74 Å². The average molecular weight is 278 g/mol. The normalized spacial score (nSPS) is 10.5. The number of rotatable bonds is 2. The van der Waals surface area contributed by atoms with E-state index in [4.69, 9.17) is 15.7 Å². The third kappa shape index (κ3) is 2.07. The van der Waals surface area contributed by atoms with E-state index in [2.05, 4.69) is 11.1 Å². The lowest BCUT2D eigenvalue weighted by molar-refractivity contribution is 0.415. The van der Waals surface area contributed by atoms with E-state index in [1.165, 1.54) is 0 Å². The molecule has 0 fully saturated rings. The summed E-state index contributed by atoms with van der Waals surface area (Å²) < 4.78 is 7.06. The maximum atomic E-state index is 9.08. The Kier molecular flexibility index (Phi) is 2.99. The largest absolute Gasteiger partial charge is 0.497 e. The van der Waals surface area contributed by atoms with Gasteiger partial charge in [-0.15, -0.1) is 0 Å². The molecule has 0 amide bonds. The van der Waals surface area contributed by atoms with Crippen LogP contribution in [0.15, 0.2) is 36.4 Å². The molecule has 0 aliphatic heterocycles. The van der Waals surface area contributed by atoms with Gasteiger partial charge in [-0.1, -0.05) is 6.07 Å². The molecule has 0 saturated heterocycles. The zero-order chi connectivity index (χ0) is 15.0. The fourth-order valence-corrected chi connectivity index (χ4v) is 2.38. The Hall–Kier alpha value is -3.00. The fraction of sp³-hybridized carbons (Fsp3) is 0.125. The molecule has 0 saturated carbocycles. The Bertz CT molecular complexity index is 874. The minimum absolute atomic E-state index is 0.386. The van der Waals surface area contributed by atoms with Gasteiger partial charge in [0.25, 0.3) is 0 Å². The van der Waals surface area contributed by atoms with Crippen LogP contribution in [-0.2, 0) is 0 Å². The molecule has 0 bridgehead atoms. The molecule has 0 aliphatic carbocycles. The molecule has 2 aromatic carbocycles. The van der Waals surface area contributed by atoms with Crippen molar-refractivity contribution >= 4 is 17.0 Å².